The van der Waals surface area contributed by atoms with E-state index in [-0.39, 0.29) is 12.1 Å². The Bertz CT molecular complexity index is 1700. The summed E-state index contributed by atoms with van der Waals surface area (Å²) in [6.07, 6.45) is -0.172. The zero-order valence-corrected chi connectivity index (χ0v) is 16.5. The van der Waals surface area contributed by atoms with Crippen LogP contribution in [0.3, 0.4) is 0 Å². The summed E-state index contributed by atoms with van der Waals surface area (Å²) in [6, 6.07) is 29.7. The lowest BCUT2D eigenvalue weighted by atomic mass is 9.84. The van der Waals surface area contributed by atoms with Gasteiger partial charge in [-0.25, -0.2) is 0 Å². The first-order chi connectivity index (χ1) is 15.3. The third-order valence-electron chi connectivity index (χ3n) is 7.14. The molecule has 2 heterocycles. The molecule has 0 saturated heterocycles. The van der Waals surface area contributed by atoms with Crippen molar-refractivity contribution in [2.45, 2.75) is 6.17 Å². The number of carbonyl (C=O) groups excluding carboxylic acids is 1. The standard InChI is InChI=1S/C28H16N2O/c31-28-21-14-12-19-17-8-4-6-15-5-3-7-16(24(15)17)18-11-13-20(26(21)25(18)19)27-29-22-9-1-2-10-23(22)30(27)28/h1-14,27,29H. The number of para-hydroxylation sites is 2. The van der Waals surface area contributed by atoms with Crippen LogP contribution in [0.25, 0.3) is 43.1 Å². The molecule has 0 aliphatic carbocycles. The number of rotatable bonds is 0. The van der Waals surface area contributed by atoms with E-state index in [0.29, 0.717) is 0 Å². The normalized spacial score (nSPS) is 17.0. The van der Waals surface area contributed by atoms with Crippen molar-refractivity contribution in [2.75, 3.05) is 10.2 Å². The molecule has 3 heteroatoms. The molecule has 2 aliphatic heterocycles. The Kier molecular flexibility index (Phi) is 2.60. The maximum Gasteiger partial charge on any atom is 0.260 e. The molecule has 1 unspecified atom stereocenters. The van der Waals surface area contributed by atoms with Gasteiger partial charge in [-0.05, 0) is 55.9 Å². The van der Waals surface area contributed by atoms with Crippen molar-refractivity contribution in [1.29, 1.82) is 0 Å². The van der Waals surface area contributed by atoms with E-state index in [1.165, 1.54) is 37.7 Å². The summed E-state index contributed by atoms with van der Waals surface area (Å²) < 4.78 is 0. The maximum atomic E-state index is 13.7. The first-order valence-corrected chi connectivity index (χ1v) is 10.6. The number of anilines is 2. The molecule has 144 valence electrons. The van der Waals surface area contributed by atoms with Crippen LogP contribution in [0.2, 0.25) is 0 Å². The molecule has 1 atom stereocenters. The van der Waals surface area contributed by atoms with E-state index in [4.69, 9.17) is 0 Å². The zero-order valence-electron chi connectivity index (χ0n) is 16.5. The minimum Gasteiger partial charge on any atom is -0.359 e. The van der Waals surface area contributed by atoms with Crippen molar-refractivity contribution in [1.82, 2.24) is 0 Å². The summed E-state index contributed by atoms with van der Waals surface area (Å²) in [5.74, 6) is 0.0655. The molecular formula is C28H16N2O. The summed E-state index contributed by atoms with van der Waals surface area (Å²) in [7, 11) is 0. The largest absolute Gasteiger partial charge is 0.359 e. The van der Waals surface area contributed by atoms with E-state index in [2.05, 4.69) is 59.9 Å². The van der Waals surface area contributed by atoms with Gasteiger partial charge in [0.1, 0.15) is 6.17 Å². The van der Waals surface area contributed by atoms with Gasteiger partial charge in [0.2, 0.25) is 0 Å². The molecule has 6 aromatic carbocycles. The minimum absolute atomic E-state index is 0.0655. The fraction of sp³-hybridized carbons (Fsp3) is 0.0357. The Labute approximate surface area is 177 Å². The molecule has 0 bridgehead atoms. The Morgan fingerprint density at radius 3 is 2.16 bits per heavy atom. The molecule has 8 rings (SSSR count). The van der Waals surface area contributed by atoms with Gasteiger partial charge in [-0.1, -0.05) is 66.7 Å². The lowest BCUT2D eigenvalue weighted by molar-refractivity contribution is 0.0980. The fourth-order valence-electron chi connectivity index (χ4n) is 5.90. The van der Waals surface area contributed by atoms with Gasteiger partial charge in [-0.3, -0.25) is 9.69 Å². The number of benzene rings is 6. The molecule has 31 heavy (non-hydrogen) atoms. The van der Waals surface area contributed by atoms with Gasteiger partial charge in [-0.2, -0.15) is 0 Å². The highest BCUT2D eigenvalue weighted by Crippen LogP contribution is 2.50. The first-order valence-electron chi connectivity index (χ1n) is 10.6. The van der Waals surface area contributed by atoms with Crippen LogP contribution in [0.1, 0.15) is 22.1 Å². The van der Waals surface area contributed by atoms with Gasteiger partial charge >= 0.3 is 0 Å². The van der Waals surface area contributed by atoms with Crippen LogP contribution in [0.5, 0.6) is 0 Å². The van der Waals surface area contributed by atoms with Crippen LogP contribution in [0.15, 0.2) is 84.9 Å². The molecule has 0 radical (unpaired) electrons. The van der Waals surface area contributed by atoms with E-state index in [1.807, 2.05) is 35.2 Å². The van der Waals surface area contributed by atoms with E-state index in [9.17, 15) is 4.79 Å². The molecule has 0 spiro atoms. The molecule has 1 N–H and O–H groups in total. The maximum absolute atomic E-state index is 13.7. The number of carbonyl (C=O) groups is 1. The topological polar surface area (TPSA) is 32.3 Å². The van der Waals surface area contributed by atoms with Crippen molar-refractivity contribution >= 4 is 60.4 Å². The van der Waals surface area contributed by atoms with Gasteiger partial charge in [-0.15, -0.1) is 0 Å². The Balaban J connectivity index is 1.57. The third-order valence-corrected chi connectivity index (χ3v) is 7.14. The average molecular weight is 396 g/mol. The van der Waals surface area contributed by atoms with Crippen LogP contribution in [0, 0.1) is 0 Å². The quantitative estimate of drug-likeness (QED) is 0.226. The lowest BCUT2D eigenvalue weighted by Crippen LogP contribution is -2.37. The highest BCUT2D eigenvalue weighted by molar-refractivity contribution is 6.36. The van der Waals surface area contributed by atoms with Crippen molar-refractivity contribution in [3.8, 4) is 0 Å². The summed E-state index contributed by atoms with van der Waals surface area (Å²) in [6.45, 7) is 0. The molecule has 0 saturated carbocycles. The van der Waals surface area contributed by atoms with Crippen LogP contribution in [-0.2, 0) is 0 Å². The van der Waals surface area contributed by atoms with Gasteiger partial charge in [0, 0.05) is 16.5 Å². The average Bonchev–Trinajstić information content (AvgIpc) is 3.21. The molecule has 3 nitrogen and oxygen atoms in total. The van der Waals surface area contributed by atoms with E-state index >= 15 is 0 Å². The van der Waals surface area contributed by atoms with Gasteiger partial charge in [0.15, 0.2) is 0 Å². The molecule has 1 amide bonds. The predicted octanol–water partition coefficient (Wildman–Crippen LogP) is 6.82. The van der Waals surface area contributed by atoms with Gasteiger partial charge in [0.25, 0.3) is 5.91 Å². The first kappa shape index (κ1) is 15.7. The SMILES string of the molecule is O=C1c2ccc3c4cccc5cccc(c6ccc(c2c36)C2Nc3ccccc3N12)c54. The second-order valence-electron chi connectivity index (χ2n) is 8.56. The number of nitrogens with one attached hydrogen (secondary N) is 1. The summed E-state index contributed by atoms with van der Waals surface area (Å²) >= 11 is 0. The zero-order chi connectivity index (χ0) is 20.3. The Morgan fingerprint density at radius 1 is 0.645 bits per heavy atom. The van der Waals surface area contributed by atoms with E-state index in [0.717, 1.165) is 27.9 Å². The highest BCUT2D eigenvalue weighted by Gasteiger charge is 2.40. The molecule has 6 aromatic rings. The van der Waals surface area contributed by atoms with Crippen LogP contribution in [-0.4, -0.2) is 5.91 Å². The van der Waals surface area contributed by atoms with Gasteiger partial charge in [0.05, 0.1) is 11.4 Å². The van der Waals surface area contributed by atoms with E-state index in [1.54, 1.807) is 0 Å². The lowest BCUT2D eigenvalue weighted by Gasteiger charge is -2.32. The molecular weight excluding hydrogens is 380 g/mol. The summed E-state index contributed by atoms with van der Waals surface area (Å²) in [5, 5.41) is 13.4. The highest BCUT2D eigenvalue weighted by atomic mass is 16.2. The van der Waals surface area contributed by atoms with Crippen LogP contribution < -0.4 is 10.2 Å². The van der Waals surface area contributed by atoms with E-state index < -0.39 is 0 Å². The van der Waals surface area contributed by atoms with Crippen molar-refractivity contribution in [3.63, 3.8) is 0 Å². The second kappa shape index (κ2) is 5.13. The molecule has 0 fully saturated rings. The molecule has 0 aromatic heterocycles. The van der Waals surface area contributed by atoms with Crippen molar-refractivity contribution in [2.24, 2.45) is 0 Å². The summed E-state index contributed by atoms with van der Waals surface area (Å²) in [5.41, 5.74) is 3.91. The van der Waals surface area contributed by atoms with Crippen LogP contribution in [0.4, 0.5) is 11.4 Å². The minimum atomic E-state index is -0.172. The Morgan fingerprint density at radius 2 is 1.35 bits per heavy atom. The number of fused-ring (bicyclic) bond motifs is 6. The number of hydrogen-bond acceptors (Lipinski definition) is 2. The third kappa shape index (κ3) is 1.71. The van der Waals surface area contributed by atoms with Crippen molar-refractivity contribution < 1.29 is 4.79 Å². The summed E-state index contributed by atoms with van der Waals surface area (Å²) in [4.78, 5) is 15.6. The fourth-order valence-corrected chi connectivity index (χ4v) is 5.90. The number of amides is 1. The smallest absolute Gasteiger partial charge is 0.260 e. The predicted molar refractivity (Wildman–Crippen MR) is 127 cm³/mol. The monoisotopic (exact) mass is 396 g/mol. The Hall–Kier alpha value is -4.11. The van der Waals surface area contributed by atoms with Gasteiger partial charge < -0.3 is 5.32 Å². The van der Waals surface area contributed by atoms with Crippen molar-refractivity contribution in [3.05, 3.63) is 96.1 Å². The second-order valence-corrected chi connectivity index (χ2v) is 8.56. The number of hydrogen-bond donors (Lipinski definition) is 1. The number of nitrogens with zero attached hydrogens (tertiary/aromatic N) is 1. The molecule has 2 aliphatic rings. The van der Waals surface area contributed by atoms with Crippen LogP contribution >= 0.6 is 0 Å².